The van der Waals surface area contributed by atoms with E-state index in [0.29, 0.717) is 18.4 Å². The van der Waals surface area contributed by atoms with Crippen molar-refractivity contribution in [3.63, 3.8) is 0 Å². The summed E-state index contributed by atoms with van der Waals surface area (Å²) in [6, 6.07) is 5.64. The zero-order chi connectivity index (χ0) is 13.3. The average molecular weight is 359 g/mol. The lowest BCUT2D eigenvalue weighted by Crippen LogP contribution is -2.34. The van der Waals surface area contributed by atoms with E-state index in [1.54, 1.807) is 0 Å². The number of aryl methyl sites for hydroxylation is 1. The molecule has 0 heterocycles. The average Bonchev–Trinajstić information content (AvgIpc) is 3.07. The molecule has 1 fully saturated rings. The summed E-state index contributed by atoms with van der Waals surface area (Å²) in [6.07, 6.45) is 1.29. The number of carboxylic acid groups (broad SMARTS) is 1. The second kappa shape index (κ2) is 4.87. The molecule has 1 amide bonds. The molecule has 0 radical (unpaired) electrons. The van der Waals surface area contributed by atoms with Gasteiger partial charge in [0, 0.05) is 10.1 Å². The van der Waals surface area contributed by atoms with E-state index in [0.717, 1.165) is 9.13 Å². The van der Waals surface area contributed by atoms with Crippen LogP contribution in [0.4, 0.5) is 0 Å². The van der Waals surface area contributed by atoms with Crippen molar-refractivity contribution in [1.82, 2.24) is 5.32 Å². The number of hydrogen-bond acceptors (Lipinski definition) is 2. The Balaban J connectivity index is 2.07. The molecule has 4 nitrogen and oxygen atoms in total. The largest absolute Gasteiger partial charge is 0.481 e. The van der Waals surface area contributed by atoms with E-state index in [1.165, 1.54) is 0 Å². The van der Waals surface area contributed by atoms with Crippen molar-refractivity contribution in [2.24, 2.45) is 5.41 Å². The minimum atomic E-state index is -0.817. The number of benzene rings is 1. The van der Waals surface area contributed by atoms with Crippen LogP contribution in [0, 0.1) is 15.9 Å². The van der Waals surface area contributed by atoms with Gasteiger partial charge in [-0.15, -0.1) is 0 Å². The first kappa shape index (κ1) is 13.3. The molecular formula is C13H14INO3. The van der Waals surface area contributed by atoms with Gasteiger partial charge in [0.2, 0.25) is 0 Å². The third-order valence-corrected chi connectivity index (χ3v) is 4.24. The van der Waals surface area contributed by atoms with Crippen molar-refractivity contribution in [3.8, 4) is 0 Å². The van der Waals surface area contributed by atoms with Gasteiger partial charge in [-0.25, -0.2) is 0 Å². The third-order valence-electron chi connectivity index (χ3n) is 3.34. The molecule has 1 saturated carbocycles. The highest BCUT2D eigenvalue weighted by Crippen LogP contribution is 2.45. The summed E-state index contributed by atoms with van der Waals surface area (Å²) in [7, 11) is 0. The molecule has 0 bridgehead atoms. The summed E-state index contributed by atoms with van der Waals surface area (Å²) in [6.45, 7) is 2.09. The number of halogens is 1. The maximum atomic E-state index is 12.1. The van der Waals surface area contributed by atoms with Crippen LogP contribution in [0.25, 0.3) is 0 Å². The molecule has 0 atom stereocenters. The summed E-state index contributed by atoms with van der Waals surface area (Å²) in [5, 5.41) is 11.8. The molecule has 0 saturated heterocycles. The molecule has 96 valence electrons. The Bertz CT molecular complexity index is 489. The summed E-state index contributed by atoms with van der Waals surface area (Å²) in [5.41, 5.74) is 0.822. The monoisotopic (exact) mass is 359 g/mol. The molecule has 1 aromatic rings. The molecular weight excluding hydrogens is 345 g/mol. The molecule has 2 N–H and O–H groups in total. The van der Waals surface area contributed by atoms with Crippen molar-refractivity contribution in [1.29, 1.82) is 0 Å². The number of aliphatic carboxylic acids is 1. The van der Waals surface area contributed by atoms with Gasteiger partial charge in [-0.3, -0.25) is 9.59 Å². The Morgan fingerprint density at radius 3 is 2.61 bits per heavy atom. The van der Waals surface area contributed by atoms with Gasteiger partial charge in [-0.2, -0.15) is 0 Å². The fraction of sp³-hybridized carbons (Fsp3) is 0.385. The van der Waals surface area contributed by atoms with Crippen LogP contribution in [0.2, 0.25) is 0 Å². The summed E-state index contributed by atoms with van der Waals surface area (Å²) < 4.78 is 0.880. The smallest absolute Gasteiger partial charge is 0.311 e. The minimum absolute atomic E-state index is 0.190. The van der Waals surface area contributed by atoms with E-state index < -0.39 is 11.4 Å². The van der Waals surface area contributed by atoms with Crippen molar-refractivity contribution < 1.29 is 14.7 Å². The van der Waals surface area contributed by atoms with Crippen LogP contribution < -0.4 is 5.32 Å². The Kier molecular flexibility index (Phi) is 3.61. The van der Waals surface area contributed by atoms with Gasteiger partial charge in [0.05, 0.1) is 11.0 Å². The summed E-state index contributed by atoms with van der Waals surface area (Å²) in [4.78, 5) is 23.1. The lowest BCUT2D eigenvalue weighted by Gasteiger charge is -2.13. The van der Waals surface area contributed by atoms with Crippen LogP contribution in [0.3, 0.4) is 0 Å². The van der Waals surface area contributed by atoms with E-state index in [-0.39, 0.29) is 12.5 Å². The second-order valence-corrected chi connectivity index (χ2v) is 5.86. The number of nitrogens with one attached hydrogen (secondary N) is 1. The van der Waals surface area contributed by atoms with Gasteiger partial charge in [0.15, 0.2) is 0 Å². The van der Waals surface area contributed by atoms with Gasteiger partial charge in [-0.05, 0) is 54.0 Å². The van der Waals surface area contributed by atoms with Gasteiger partial charge in [0.25, 0.3) is 5.91 Å². The number of carbonyl (C=O) groups excluding carboxylic acids is 1. The predicted molar refractivity (Wildman–Crippen MR) is 75.5 cm³/mol. The first-order valence-electron chi connectivity index (χ1n) is 5.73. The van der Waals surface area contributed by atoms with Gasteiger partial charge < -0.3 is 10.4 Å². The van der Waals surface area contributed by atoms with Crippen molar-refractivity contribution in [2.45, 2.75) is 19.8 Å². The van der Waals surface area contributed by atoms with Crippen molar-refractivity contribution >= 4 is 34.5 Å². The quantitative estimate of drug-likeness (QED) is 0.810. The molecule has 0 unspecified atom stereocenters. The standard InChI is InChI=1S/C13H14INO3/c1-8-3-2-4-9(14)10(8)11(16)15-7-13(5-6-13)12(17)18/h2-4H,5-7H2,1H3,(H,15,16)(H,17,18). The van der Waals surface area contributed by atoms with E-state index in [9.17, 15) is 9.59 Å². The Labute approximate surface area is 119 Å². The Morgan fingerprint density at radius 2 is 2.11 bits per heavy atom. The highest BCUT2D eigenvalue weighted by atomic mass is 127. The molecule has 5 heteroatoms. The highest BCUT2D eigenvalue weighted by molar-refractivity contribution is 14.1. The maximum Gasteiger partial charge on any atom is 0.311 e. The van der Waals surface area contributed by atoms with Crippen LogP contribution >= 0.6 is 22.6 Å². The van der Waals surface area contributed by atoms with Crippen LogP contribution in [-0.2, 0) is 4.79 Å². The number of carboxylic acids is 1. The zero-order valence-corrected chi connectivity index (χ0v) is 12.2. The molecule has 1 aliphatic rings. The van der Waals surface area contributed by atoms with E-state index in [4.69, 9.17) is 5.11 Å². The number of amides is 1. The number of carbonyl (C=O) groups is 2. The maximum absolute atomic E-state index is 12.1. The molecule has 0 spiro atoms. The van der Waals surface area contributed by atoms with Crippen LogP contribution in [-0.4, -0.2) is 23.5 Å². The Morgan fingerprint density at radius 1 is 1.44 bits per heavy atom. The summed E-state index contributed by atoms with van der Waals surface area (Å²) >= 11 is 2.11. The molecule has 0 aliphatic heterocycles. The second-order valence-electron chi connectivity index (χ2n) is 4.70. The van der Waals surface area contributed by atoms with Crippen LogP contribution in [0.1, 0.15) is 28.8 Å². The highest BCUT2D eigenvalue weighted by Gasteiger charge is 2.50. The lowest BCUT2D eigenvalue weighted by molar-refractivity contribution is -0.143. The topological polar surface area (TPSA) is 66.4 Å². The fourth-order valence-electron chi connectivity index (χ4n) is 1.87. The molecule has 1 aromatic carbocycles. The van der Waals surface area contributed by atoms with E-state index >= 15 is 0 Å². The van der Waals surface area contributed by atoms with Gasteiger partial charge >= 0.3 is 5.97 Å². The summed E-state index contributed by atoms with van der Waals surface area (Å²) in [5.74, 6) is -1.01. The predicted octanol–water partition coefficient (Wildman–Crippen LogP) is 2.19. The lowest BCUT2D eigenvalue weighted by atomic mass is 10.1. The van der Waals surface area contributed by atoms with Gasteiger partial charge in [-0.1, -0.05) is 12.1 Å². The van der Waals surface area contributed by atoms with Crippen LogP contribution in [0.5, 0.6) is 0 Å². The zero-order valence-electron chi connectivity index (χ0n) is 10.00. The van der Waals surface area contributed by atoms with Crippen molar-refractivity contribution in [3.05, 3.63) is 32.9 Å². The molecule has 18 heavy (non-hydrogen) atoms. The SMILES string of the molecule is Cc1cccc(I)c1C(=O)NCC1(C(=O)O)CC1. The fourth-order valence-corrected chi connectivity index (χ4v) is 2.75. The first-order chi connectivity index (χ1) is 8.46. The minimum Gasteiger partial charge on any atom is -0.481 e. The first-order valence-corrected chi connectivity index (χ1v) is 6.81. The molecule has 2 rings (SSSR count). The van der Waals surface area contributed by atoms with E-state index in [2.05, 4.69) is 27.9 Å². The van der Waals surface area contributed by atoms with Gasteiger partial charge in [0.1, 0.15) is 0 Å². The normalized spacial score (nSPS) is 16.1. The van der Waals surface area contributed by atoms with Crippen molar-refractivity contribution in [2.75, 3.05) is 6.54 Å². The Hall–Kier alpha value is -1.11. The molecule has 1 aliphatic carbocycles. The van der Waals surface area contributed by atoms with Crippen LogP contribution in [0.15, 0.2) is 18.2 Å². The number of rotatable bonds is 4. The van der Waals surface area contributed by atoms with E-state index in [1.807, 2.05) is 25.1 Å². The number of hydrogen-bond donors (Lipinski definition) is 2. The third kappa shape index (κ3) is 2.50. The molecule has 0 aromatic heterocycles.